The third kappa shape index (κ3) is 2.21. The first kappa shape index (κ1) is 14.8. The van der Waals surface area contributed by atoms with Gasteiger partial charge < -0.3 is 5.32 Å². The van der Waals surface area contributed by atoms with Crippen molar-refractivity contribution in [3.8, 4) is 0 Å². The summed E-state index contributed by atoms with van der Waals surface area (Å²) in [7, 11) is 0. The molecule has 0 aliphatic carbocycles. The van der Waals surface area contributed by atoms with Crippen LogP contribution in [0.4, 0.5) is 5.69 Å². The second kappa shape index (κ2) is 5.81. The van der Waals surface area contributed by atoms with Crippen LogP contribution in [-0.2, 0) is 0 Å². The zero-order valence-corrected chi connectivity index (χ0v) is 13.9. The molecular weight excluding hydrogens is 324 g/mol. The molecule has 5 rings (SSSR count). The van der Waals surface area contributed by atoms with Crippen molar-refractivity contribution in [3.63, 3.8) is 0 Å². The van der Waals surface area contributed by atoms with Crippen LogP contribution in [0, 0.1) is 0 Å². The fourth-order valence-electron chi connectivity index (χ4n) is 3.81. The first-order valence-corrected chi connectivity index (χ1v) is 8.56. The standard InChI is InChI=1S/C21H16N4O/c26-21-14-9-6-11-15-18(14)20(24-25-21)17(13-7-2-1-3-8-13)19(23-15)16-10-4-5-12-22-16/h1-12,17,19,23H,(H,25,26). The SMILES string of the molecule is O=c1[nH]nc2c3c(cccc13)NC(c1ccccn1)C2c1ccccc1. The lowest BCUT2D eigenvalue weighted by molar-refractivity contribution is 0.623. The van der Waals surface area contributed by atoms with Crippen LogP contribution in [0.25, 0.3) is 10.8 Å². The van der Waals surface area contributed by atoms with E-state index in [0.717, 1.165) is 28.0 Å². The second-order valence-electron chi connectivity index (χ2n) is 6.43. The van der Waals surface area contributed by atoms with Crippen LogP contribution < -0.4 is 10.9 Å². The van der Waals surface area contributed by atoms with Gasteiger partial charge in [-0.15, -0.1) is 0 Å². The van der Waals surface area contributed by atoms with Gasteiger partial charge in [-0.05, 0) is 29.8 Å². The minimum absolute atomic E-state index is 0.0552. The number of H-pyrrole nitrogens is 1. The van der Waals surface area contributed by atoms with Crippen LogP contribution in [0.1, 0.15) is 28.9 Å². The Labute approximate surface area is 149 Å². The van der Waals surface area contributed by atoms with Crippen molar-refractivity contribution in [2.24, 2.45) is 0 Å². The van der Waals surface area contributed by atoms with E-state index in [4.69, 9.17) is 0 Å². The van der Waals surface area contributed by atoms with Gasteiger partial charge in [-0.25, -0.2) is 5.10 Å². The molecule has 2 unspecified atom stereocenters. The topological polar surface area (TPSA) is 70.7 Å². The Bertz CT molecular complexity index is 1140. The molecule has 0 bridgehead atoms. The summed E-state index contributed by atoms with van der Waals surface area (Å²) in [6, 6.07) is 21.8. The lowest BCUT2D eigenvalue weighted by Gasteiger charge is -2.34. The van der Waals surface area contributed by atoms with Crippen LogP contribution in [0.5, 0.6) is 0 Å². The summed E-state index contributed by atoms with van der Waals surface area (Å²) in [4.78, 5) is 16.8. The van der Waals surface area contributed by atoms with E-state index in [2.05, 4.69) is 32.6 Å². The predicted molar refractivity (Wildman–Crippen MR) is 101 cm³/mol. The van der Waals surface area contributed by atoms with Crippen molar-refractivity contribution in [2.75, 3.05) is 5.32 Å². The first-order valence-electron chi connectivity index (χ1n) is 8.56. The van der Waals surface area contributed by atoms with Gasteiger partial charge in [0.2, 0.25) is 0 Å². The average molecular weight is 340 g/mol. The number of anilines is 1. The van der Waals surface area contributed by atoms with Gasteiger partial charge in [0.05, 0.1) is 28.7 Å². The zero-order valence-electron chi connectivity index (χ0n) is 13.9. The van der Waals surface area contributed by atoms with Gasteiger partial charge in [0.1, 0.15) is 0 Å². The highest BCUT2D eigenvalue weighted by Gasteiger charge is 2.35. The zero-order chi connectivity index (χ0) is 17.5. The average Bonchev–Trinajstić information content (AvgIpc) is 2.71. The molecule has 5 heteroatoms. The maximum Gasteiger partial charge on any atom is 0.272 e. The van der Waals surface area contributed by atoms with E-state index in [9.17, 15) is 4.79 Å². The van der Waals surface area contributed by atoms with Crippen molar-refractivity contribution in [1.82, 2.24) is 15.2 Å². The fourth-order valence-corrected chi connectivity index (χ4v) is 3.81. The molecule has 0 fully saturated rings. The minimum Gasteiger partial charge on any atom is -0.375 e. The van der Waals surface area contributed by atoms with Crippen molar-refractivity contribution in [1.29, 1.82) is 0 Å². The number of aromatic amines is 1. The summed E-state index contributed by atoms with van der Waals surface area (Å²) in [6.07, 6.45) is 1.80. The molecule has 26 heavy (non-hydrogen) atoms. The quantitative estimate of drug-likeness (QED) is 0.585. The molecule has 5 nitrogen and oxygen atoms in total. The number of pyridine rings is 1. The Kier molecular flexibility index (Phi) is 3.31. The molecule has 2 aromatic carbocycles. The Hall–Kier alpha value is -3.47. The third-order valence-electron chi connectivity index (χ3n) is 4.95. The molecule has 126 valence electrons. The number of rotatable bonds is 2. The van der Waals surface area contributed by atoms with Crippen LogP contribution in [-0.4, -0.2) is 15.2 Å². The van der Waals surface area contributed by atoms with Crippen molar-refractivity contribution in [2.45, 2.75) is 12.0 Å². The summed E-state index contributed by atoms with van der Waals surface area (Å²) in [5.41, 5.74) is 3.69. The summed E-state index contributed by atoms with van der Waals surface area (Å²) < 4.78 is 0. The van der Waals surface area contributed by atoms with Gasteiger partial charge in [-0.3, -0.25) is 9.78 Å². The molecule has 0 radical (unpaired) electrons. The molecule has 1 aliphatic heterocycles. The van der Waals surface area contributed by atoms with Crippen LogP contribution in [0.3, 0.4) is 0 Å². The largest absolute Gasteiger partial charge is 0.375 e. The highest BCUT2D eigenvalue weighted by Crippen LogP contribution is 2.45. The smallest absolute Gasteiger partial charge is 0.272 e. The highest BCUT2D eigenvalue weighted by atomic mass is 16.1. The summed E-state index contributed by atoms with van der Waals surface area (Å²) >= 11 is 0. The van der Waals surface area contributed by atoms with Gasteiger partial charge in [-0.1, -0.05) is 42.5 Å². The number of nitrogens with one attached hydrogen (secondary N) is 2. The highest BCUT2D eigenvalue weighted by molar-refractivity contribution is 5.97. The molecule has 4 aromatic rings. The second-order valence-corrected chi connectivity index (χ2v) is 6.43. The normalized spacial score (nSPS) is 18.5. The maximum absolute atomic E-state index is 12.3. The number of benzene rings is 2. The molecule has 0 spiro atoms. The van der Waals surface area contributed by atoms with Crippen LogP contribution in [0.15, 0.2) is 77.7 Å². The van der Waals surface area contributed by atoms with Crippen molar-refractivity contribution < 1.29 is 0 Å². The van der Waals surface area contributed by atoms with E-state index in [1.165, 1.54) is 0 Å². The van der Waals surface area contributed by atoms with Gasteiger partial charge >= 0.3 is 0 Å². The van der Waals surface area contributed by atoms with Gasteiger partial charge in [0, 0.05) is 17.3 Å². The van der Waals surface area contributed by atoms with E-state index in [0.29, 0.717) is 5.39 Å². The third-order valence-corrected chi connectivity index (χ3v) is 4.95. The minimum atomic E-state index is -0.171. The number of hydrogen-bond donors (Lipinski definition) is 2. The monoisotopic (exact) mass is 340 g/mol. The summed E-state index contributed by atoms with van der Waals surface area (Å²) in [6.45, 7) is 0. The number of nitrogens with zero attached hydrogens (tertiary/aromatic N) is 2. The Balaban J connectivity index is 1.82. The molecule has 0 saturated carbocycles. The lowest BCUT2D eigenvalue weighted by Crippen LogP contribution is -2.28. The van der Waals surface area contributed by atoms with E-state index >= 15 is 0 Å². The summed E-state index contributed by atoms with van der Waals surface area (Å²) in [5.74, 6) is -0.0552. The Morgan fingerprint density at radius 3 is 2.54 bits per heavy atom. The van der Waals surface area contributed by atoms with Crippen LogP contribution in [0.2, 0.25) is 0 Å². The molecule has 2 aromatic heterocycles. The Morgan fingerprint density at radius 1 is 0.885 bits per heavy atom. The molecule has 0 amide bonds. The van der Waals surface area contributed by atoms with Gasteiger partial charge in [-0.2, -0.15) is 5.10 Å². The van der Waals surface area contributed by atoms with Gasteiger partial charge in [0.25, 0.3) is 5.56 Å². The fraction of sp³-hybridized carbons (Fsp3) is 0.0952. The molecular formula is C21H16N4O. The van der Waals surface area contributed by atoms with E-state index < -0.39 is 0 Å². The predicted octanol–water partition coefficient (Wildman–Crippen LogP) is 3.62. The molecule has 1 aliphatic rings. The maximum atomic E-state index is 12.3. The van der Waals surface area contributed by atoms with Crippen molar-refractivity contribution in [3.05, 3.63) is 100 Å². The Morgan fingerprint density at radius 2 is 1.73 bits per heavy atom. The first-order chi connectivity index (χ1) is 12.8. The molecule has 2 atom stereocenters. The van der Waals surface area contributed by atoms with E-state index in [1.807, 2.05) is 54.6 Å². The van der Waals surface area contributed by atoms with Crippen molar-refractivity contribution >= 4 is 16.5 Å². The van der Waals surface area contributed by atoms with Gasteiger partial charge in [0.15, 0.2) is 0 Å². The van der Waals surface area contributed by atoms with E-state index in [-0.39, 0.29) is 17.5 Å². The number of aromatic nitrogens is 3. The van der Waals surface area contributed by atoms with E-state index in [1.54, 1.807) is 6.20 Å². The summed E-state index contributed by atoms with van der Waals surface area (Å²) in [5, 5.41) is 12.3. The molecule has 2 N–H and O–H groups in total. The molecule has 3 heterocycles. The number of hydrogen-bond acceptors (Lipinski definition) is 4. The van der Waals surface area contributed by atoms with Crippen LogP contribution >= 0.6 is 0 Å². The lowest BCUT2D eigenvalue weighted by atomic mass is 9.81. The molecule has 0 saturated heterocycles.